The molecule has 0 spiro atoms. The van der Waals surface area contributed by atoms with E-state index < -0.39 is 0 Å². The van der Waals surface area contributed by atoms with Gasteiger partial charge in [0.25, 0.3) is 5.91 Å². The fourth-order valence-electron chi connectivity index (χ4n) is 2.89. The summed E-state index contributed by atoms with van der Waals surface area (Å²) < 4.78 is 5.58. The maximum Gasteiger partial charge on any atom is 0.267 e. The minimum absolute atomic E-state index is 0.00698. The summed E-state index contributed by atoms with van der Waals surface area (Å²) in [5.41, 5.74) is 1.63. The van der Waals surface area contributed by atoms with E-state index in [2.05, 4.69) is 29.6 Å². The van der Waals surface area contributed by atoms with E-state index in [0.29, 0.717) is 36.8 Å². The summed E-state index contributed by atoms with van der Waals surface area (Å²) in [6.07, 6.45) is 3.43. The summed E-state index contributed by atoms with van der Waals surface area (Å²) in [7, 11) is 0. The SMILES string of the molecule is Cc1ccn(-c2cc(N3CCN(C(=O)c4snnc4C)CC3)ncn2)n1. The van der Waals surface area contributed by atoms with Crippen molar-refractivity contribution in [3.8, 4) is 5.82 Å². The molecule has 0 saturated carbocycles. The quantitative estimate of drug-likeness (QED) is 0.681. The third-order valence-corrected chi connectivity index (χ3v) is 5.15. The van der Waals surface area contributed by atoms with E-state index >= 15 is 0 Å². The van der Waals surface area contributed by atoms with Crippen molar-refractivity contribution >= 4 is 23.3 Å². The molecule has 26 heavy (non-hydrogen) atoms. The van der Waals surface area contributed by atoms with E-state index in [9.17, 15) is 4.79 Å². The zero-order valence-electron chi connectivity index (χ0n) is 14.5. The van der Waals surface area contributed by atoms with Gasteiger partial charge in [0.05, 0.1) is 11.4 Å². The van der Waals surface area contributed by atoms with E-state index in [4.69, 9.17) is 0 Å². The molecule has 4 heterocycles. The molecule has 0 bridgehead atoms. The summed E-state index contributed by atoms with van der Waals surface area (Å²) in [6, 6.07) is 3.85. The van der Waals surface area contributed by atoms with Crippen molar-refractivity contribution in [1.29, 1.82) is 0 Å². The van der Waals surface area contributed by atoms with Gasteiger partial charge in [-0.15, -0.1) is 5.10 Å². The summed E-state index contributed by atoms with van der Waals surface area (Å²) in [6.45, 7) is 6.45. The molecule has 1 saturated heterocycles. The van der Waals surface area contributed by atoms with Crippen LogP contribution in [0, 0.1) is 13.8 Å². The molecule has 4 rings (SSSR count). The highest BCUT2D eigenvalue weighted by atomic mass is 32.1. The molecule has 9 nitrogen and oxygen atoms in total. The van der Waals surface area contributed by atoms with Crippen LogP contribution in [0.3, 0.4) is 0 Å². The van der Waals surface area contributed by atoms with Gasteiger partial charge in [-0.1, -0.05) is 4.49 Å². The van der Waals surface area contributed by atoms with Crippen molar-refractivity contribution in [3.63, 3.8) is 0 Å². The first kappa shape index (κ1) is 16.6. The van der Waals surface area contributed by atoms with E-state index in [1.807, 2.05) is 37.1 Å². The Labute approximate surface area is 154 Å². The number of hydrogen-bond donors (Lipinski definition) is 0. The van der Waals surface area contributed by atoms with E-state index in [1.165, 1.54) is 0 Å². The lowest BCUT2D eigenvalue weighted by Gasteiger charge is -2.35. The van der Waals surface area contributed by atoms with Crippen LogP contribution in [-0.4, -0.2) is 66.3 Å². The van der Waals surface area contributed by atoms with Crippen molar-refractivity contribution in [2.75, 3.05) is 31.1 Å². The first-order valence-electron chi connectivity index (χ1n) is 8.29. The molecule has 0 aromatic carbocycles. The van der Waals surface area contributed by atoms with Gasteiger partial charge in [0, 0.05) is 38.4 Å². The summed E-state index contributed by atoms with van der Waals surface area (Å²) in [5.74, 6) is 1.58. The maximum atomic E-state index is 12.6. The van der Waals surface area contributed by atoms with Gasteiger partial charge in [0.1, 0.15) is 17.0 Å². The zero-order chi connectivity index (χ0) is 18.1. The molecule has 0 atom stereocenters. The Bertz CT molecular complexity index is 928. The molecule has 0 aliphatic carbocycles. The zero-order valence-corrected chi connectivity index (χ0v) is 15.3. The average molecular weight is 370 g/mol. The highest BCUT2D eigenvalue weighted by molar-refractivity contribution is 7.07. The minimum atomic E-state index is 0.00698. The van der Waals surface area contributed by atoms with Gasteiger partial charge < -0.3 is 9.80 Å². The van der Waals surface area contributed by atoms with Crippen molar-refractivity contribution in [3.05, 3.63) is 40.9 Å². The number of aryl methyl sites for hydroxylation is 2. The molecule has 3 aromatic rings. The van der Waals surface area contributed by atoms with Gasteiger partial charge >= 0.3 is 0 Å². The van der Waals surface area contributed by atoms with Crippen molar-refractivity contribution < 1.29 is 4.79 Å². The Kier molecular flexibility index (Phi) is 4.33. The molecule has 0 unspecified atom stereocenters. The first-order valence-corrected chi connectivity index (χ1v) is 9.07. The predicted molar refractivity (Wildman–Crippen MR) is 96.7 cm³/mol. The number of piperazine rings is 1. The van der Waals surface area contributed by atoms with E-state index in [0.717, 1.165) is 28.9 Å². The number of carbonyl (C=O) groups is 1. The summed E-state index contributed by atoms with van der Waals surface area (Å²) >= 11 is 1.15. The van der Waals surface area contributed by atoms with E-state index in [1.54, 1.807) is 11.0 Å². The van der Waals surface area contributed by atoms with Crippen LogP contribution in [0.15, 0.2) is 24.7 Å². The average Bonchev–Trinajstić information content (AvgIpc) is 3.30. The van der Waals surface area contributed by atoms with Gasteiger partial charge in [-0.3, -0.25) is 4.79 Å². The summed E-state index contributed by atoms with van der Waals surface area (Å²) in [5, 5.41) is 8.30. The Morgan fingerprint density at radius 2 is 1.88 bits per heavy atom. The third kappa shape index (κ3) is 3.15. The maximum absolute atomic E-state index is 12.6. The van der Waals surface area contributed by atoms with Gasteiger partial charge in [-0.05, 0) is 31.4 Å². The molecular formula is C16H18N8OS. The van der Waals surface area contributed by atoms with Gasteiger partial charge in [0.2, 0.25) is 0 Å². The molecule has 3 aromatic heterocycles. The number of rotatable bonds is 3. The second-order valence-corrected chi connectivity index (χ2v) is 6.86. The summed E-state index contributed by atoms with van der Waals surface area (Å²) in [4.78, 5) is 25.9. The standard InChI is InChI=1S/C16H18N8OS/c1-11-3-4-24(20-11)14-9-13(17-10-18-14)22-5-7-23(8-6-22)16(25)15-12(2)19-21-26-15/h3-4,9-10H,5-8H2,1-2H3. The molecular weight excluding hydrogens is 352 g/mol. The number of anilines is 1. The Morgan fingerprint density at radius 3 is 2.54 bits per heavy atom. The van der Waals surface area contributed by atoms with Crippen LogP contribution in [0.25, 0.3) is 5.82 Å². The number of hydrogen-bond acceptors (Lipinski definition) is 8. The monoisotopic (exact) mass is 370 g/mol. The van der Waals surface area contributed by atoms with Gasteiger partial charge in [-0.2, -0.15) is 5.10 Å². The lowest BCUT2D eigenvalue weighted by atomic mass is 10.2. The topological polar surface area (TPSA) is 92.9 Å². The predicted octanol–water partition coefficient (Wildman–Crippen LogP) is 1.09. The van der Waals surface area contributed by atoms with E-state index in [-0.39, 0.29) is 5.91 Å². The highest BCUT2D eigenvalue weighted by Crippen LogP contribution is 2.18. The van der Waals surface area contributed by atoms with Crippen LogP contribution < -0.4 is 4.90 Å². The second-order valence-electron chi connectivity index (χ2n) is 6.10. The largest absolute Gasteiger partial charge is 0.353 e. The van der Waals surface area contributed by atoms with Crippen LogP contribution in [0.5, 0.6) is 0 Å². The van der Waals surface area contributed by atoms with Crippen molar-refractivity contribution in [2.24, 2.45) is 0 Å². The van der Waals surface area contributed by atoms with Crippen LogP contribution in [0.2, 0.25) is 0 Å². The Balaban J connectivity index is 1.45. The van der Waals surface area contributed by atoms with Crippen LogP contribution in [0.4, 0.5) is 5.82 Å². The molecule has 1 aliphatic rings. The molecule has 134 valence electrons. The molecule has 0 radical (unpaired) electrons. The fourth-order valence-corrected chi connectivity index (χ4v) is 3.51. The molecule has 1 amide bonds. The third-order valence-electron chi connectivity index (χ3n) is 4.33. The number of aromatic nitrogens is 6. The molecule has 10 heteroatoms. The van der Waals surface area contributed by atoms with Crippen LogP contribution >= 0.6 is 11.5 Å². The van der Waals surface area contributed by atoms with Crippen LogP contribution in [-0.2, 0) is 0 Å². The minimum Gasteiger partial charge on any atom is -0.353 e. The smallest absolute Gasteiger partial charge is 0.267 e. The first-order chi connectivity index (χ1) is 12.6. The number of nitrogens with zero attached hydrogens (tertiary/aromatic N) is 8. The lowest BCUT2D eigenvalue weighted by Crippen LogP contribution is -2.49. The van der Waals surface area contributed by atoms with Gasteiger partial charge in [-0.25, -0.2) is 14.6 Å². The van der Waals surface area contributed by atoms with Gasteiger partial charge in [0.15, 0.2) is 5.82 Å². The molecule has 1 aliphatic heterocycles. The highest BCUT2D eigenvalue weighted by Gasteiger charge is 2.25. The number of carbonyl (C=O) groups excluding carboxylic acids is 1. The Hall–Kier alpha value is -2.88. The van der Waals surface area contributed by atoms with Crippen molar-refractivity contribution in [1.82, 2.24) is 34.2 Å². The van der Waals surface area contributed by atoms with Crippen molar-refractivity contribution in [2.45, 2.75) is 13.8 Å². The fraction of sp³-hybridized carbons (Fsp3) is 0.375. The van der Waals surface area contributed by atoms with Crippen LogP contribution in [0.1, 0.15) is 21.1 Å². The normalized spacial score (nSPS) is 14.7. The molecule has 1 fully saturated rings. The lowest BCUT2D eigenvalue weighted by molar-refractivity contribution is 0.0750. The second kappa shape index (κ2) is 6.79. The Morgan fingerprint density at radius 1 is 1.12 bits per heavy atom. The molecule has 0 N–H and O–H groups in total. The number of amides is 1.